The average Bonchev–Trinajstić information content (AvgIpc) is 3.27. The lowest BCUT2D eigenvalue weighted by atomic mass is 9.45. The zero-order valence-corrected chi connectivity index (χ0v) is 23.7. The standard InChI is InChI=1S/C29H41N5O5/c1-6-19(35)18(8-7-14-32-26(30)31)34(4)27(36)38-21-11-12-28(2)22-16-17-9-10-20(37-5)24-23(17)29(28,25(21)39-24)13-15-33(22)3/h9-11,18,22,25H,6-8,12-16H2,1-5H3,(H4,30,31,32)/t18-,22+,25-,28-,29-/m0/s1. The predicted molar refractivity (Wildman–Crippen MR) is 148 cm³/mol. The number of allylic oxidation sites excluding steroid dienone is 1. The minimum absolute atomic E-state index is 0.00736. The van der Waals surface area contributed by atoms with Crippen molar-refractivity contribution in [2.45, 2.75) is 76.0 Å². The Labute approximate surface area is 230 Å². The van der Waals surface area contributed by atoms with Crippen LogP contribution in [-0.2, 0) is 21.4 Å². The van der Waals surface area contributed by atoms with Crippen molar-refractivity contribution in [3.8, 4) is 11.5 Å². The lowest BCUT2D eigenvalue weighted by Crippen LogP contribution is -2.69. The van der Waals surface area contributed by atoms with Crippen LogP contribution < -0.4 is 20.9 Å². The second-order valence-electron chi connectivity index (χ2n) is 11.5. The molecule has 2 aliphatic carbocycles. The summed E-state index contributed by atoms with van der Waals surface area (Å²) >= 11 is 0. The summed E-state index contributed by atoms with van der Waals surface area (Å²) in [5.41, 5.74) is 12.9. The number of ketones is 1. The molecule has 1 amide bonds. The highest BCUT2D eigenvalue weighted by atomic mass is 16.6. The van der Waals surface area contributed by atoms with Gasteiger partial charge in [0.1, 0.15) is 5.76 Å². The number of likely N-dealkylation sites (N-methyl/N-ethyl adjacent to an activating group) is 2. The molecule has 1 spiro atoms. The Balaban J connectivity index is 1.44. The first-order valence-electron chi connectivity index (χ1n) is 13.9. The van der Waals surface area contributed by atoms with Gasteiger partial charge in [0.05, 0.1) is 18.6 Å². The molecule has 4 N–H and O–H groups in total. The first-order chi connectivity index (χ1) is 18.6. The summed E-state index contributed by atoms with van der Waals surface area (Å²) in [6.45, 7) is 5.47. The number of piperidine rings is 1. The number of hydrogen-bond acceptors (Lipinski definition) is 7. The van der Waals surface area contributed by atoms with Crippen molar-refractivity contribution < 1.29 is 23.8 Å². The number of aliphatic imine (C=N–C) groups is 1. The van der Waals surface area contributed by atoms with Crippen molar-refractivity contribution in [1.29, 1.82) is 0 Å². The van der Waals surface area contributed by atoms with Crippen LogP contribution >= 0.6 is 0 Å². The van der Waals surface area contributed by atoms with Crippen LogP contribution in [0.2, 0.25) is 0 Å². The normalized spacial score (nSPS) is 28.9. The molecule has 0 unspecified atom stereocenters. The van der Waals surface area contributed by atoms with Gasteiger partial charge in [-0.3, -0.25) is 9.79 Å². The number of likely N-dealkylation sites (tertiary alicyclic amines) is 1. The summed E-state index contributed by atoms with van der Waals surface area (Å²) in [5, 5.41) is 0. The fourth-order valence-electron chi connectivity index (χ4n) is 7.63. The van der Waals surface area contributed by atoms with Gasteiger partial charge >= 0.3 is 6.09 Å². The van der Waals surface area contributed by atoms with Gasteiger partial charge in [-0.1, -0.05) is 19.9 Å². The fraction of sp³-hybridized carbons (Fsp3) is 0.621. The first kappa shape index (κ1) is 27.3. The van der Waals surface area contributed by atoms with Gasteiger partial charge in [0.25, 0.3) is 0 Å². The van der Waals surface area contributed by atoms with Crippen LogP contribution in [0.25, 0.3) is 0 Å². The zero-order chi connectivity index (χ0) is 28.1. The number of rotatable bonds is 9. The number of guanidine groups is 1. The van der Waals surface area contributed by atoms with E-state index in [0.29, 0.717) is 43.4 Å². The summed E-state index contributed by atoms with van der Waals surface area (Å²) < 4.78 is 18.5. The maximum Gasteiger partial charge on any atom is 0.415 e. The monoisotopic (exact) mass is 539 g/mol. The van der Waals surface area contributed by atoms with E-state index in [-0.39, 0.29) is 22.6 Å². The minimum Gasteiger partial charge on any atom is -0.493 e. The Morgan fingerprint density at radius 3 is 2.79 bits per heavy atom. The molecule has 10 heteroatoms. The van der Waals surface area contributed by atoms with E-state index in [1.54, 1.807) is 21.1 Å². The summed E-state index contributed by atoms with van der Waals surface area (Å²) in [5.74, 6) is 1.96. The number of hydrogen-bond donors (Lipinski definition) is 2. The van der Waals surface area contributed by atoms with Crippen LogP contribution in [0.3, 0.4) is 0 Å². The van der Waals surface area contributed by atoms with E-state index in [2.05, 4.69) is 29.9 Å². The third kappa shape index (κ3) is 4.06. The number of carbonyl (C=O) groups is 2. The highest BCUT2D eigenvalue weighted by Crippen LogP contribution is 2.68. The van der Waals surface area contributed by atoms with Crippen molar-refractivity contribution in [2.24, 2.45) is 21.9 Å². The van der Waals surface area contributed by atoms with E-state index >= 15 is 0 Å². The van der Waals surface area contributed by atoms with Gasteiger partial charge in [-0.15, -0.1) is 0 Å². The Bertz CT molecular complexity index is 1230. The molecular weight excluding hydrogens is 498 g/mol. The number of methoxy groups -OCH3 is 1. The third-order valence-electron chi connectivity index (χ3n) is 9.71. The van der Waals surface area contributed by atoms with Gasteiger partial charge in [0, 0.05) is 37.0 Å². The molecule has 5 atom stereocenters. The van der Waals surface area contributed by atoms with Crippen molar-refractivity contribution in [3.05, 3.63) is 35.1 Å². The number of carbonyl (C=O) groups excluding carboxylic acids is 2. The molecule has 2 aliphatic heterocycles. The lowest BCUT2D eigenvalue weighted by Gasteiger charge is -2.63. The van der Waals surface area contributed by atoms with E-state index in [1.807, 2.05) is 12.1 Å². The largest absolute Gasteiger partial charge is 0.493 e. The van der Waals surface area contributed by atoms with Gasteiger partial charge in [-0.05, 0) is 63.4 Å². The van der Waals surface area contributed by atoms with Crippen molar-refractivity contribution in [2.75, 3.05) is 34.3 Å². The summed E-state index contributed by atoms with van der Waals surface area (Å²) in [6, 6.07) is 3.86. The predicted octanol–water partition coefficient (Wildman–Crippen LogP) is 2.72. The molecule has 0 saturated carbocycles. The van der Waals surface area contributed by atoms with Crippen LogP contribution in [-0.4, -0.2) is 80.1 Å². The van der Waals surface area contributed by atoms with Crippen molar-refractivity contribution >= 4 is 17.8 Å². The maximum absolute atomic E-state index is 13.5. The molecule has 2 heterocycles. The van der Waals surface area contributed by atoms with Crippen LogP contribution in [0, 0.1) is 5.41 Å². The average molecular weight is 540 g/mol. The van der Waals surface area contributed by atoms with Gasteiger partial charge < -0.3 is 35.5 Å². The fourth-order valence-corrected chi connectivity index (χ4v) is 7.63. The quantitative estimate of drug-likeness (QED) is 0.278. The smallest absolute Gasteiger partial charge is 0.415 e. The Morgan fingerprint density at radius 1 is 1.33 bits per heavy atom. The maximum atomic E-state index is 13.5. The Morgan fingerprint density at radius 2 is 2.10 bits per heavy atom. The van der Waals surface area contributed by atoms with E-state index in [9.17, 15) is 9.59 Å². The number of amides is 1. The Hall–Kier alpha value is -3.27. The number of nitrogens with two attached hydrogens (primary N) is 2. The van der Waals surface area contributed by atoms with Crippen LogP contribution in [0.15, 0.2) is 29.0 Å². The molecule has 1 aromatic rings. The van der Waals surface area contributed by atoms with E-state index in [4.69, 9.17) is 25.7 Å². The first-order valence-corrected chi connectivity index (χ1v) is 13.9. The van der Waals surface area contributed by atoms with Crippen molar-refractivity contribution in [1.82, 2.24) is 9.80 Å². The van der Waals surface area contributed by atoms with Crippen LogP contribution in [0.5, 0.6) is 11.5 Å². The van der Waals surface area contributed by atoms with Gasteiger partial charge in [0.2, 0.25) is 0 Å². The third-order valence-corrected chi connectivity index (χ3v) is 9.71. The van der Waals surface area contributed by atoms with Gasteiger partial charge in [0.15, 0.2) is 29.3 Å². The highest BCUT2D eigenvalue weighted by molar-refractivity contribution is 5.87. The minimum atomic E-state index is -0.625. The topological polar surface area (TPSA) is 133 Å². The molecule has 0 radical (unpaired) electrons. The molecule has 1 saturated heterocycles. The molecule has 39 heavy (non-hydrogen) atoms. The number of Topliss-reactive ketones (excluding diaryl/α,β-unsaturated/α-hetero) is 1. The molecule has 1 fully saturated rings. The number of ether oxygens (including phenoxy) is 3. The molecule has 1 aromatic carbocycles. The molecule has 4 aliphatic rings. The number of benzene rings is 1. The van der Waals surface area contributed by atoms with E-state index < -0.39 is 18.2 Å². The second-order valence-corrected chi connectivity index (χ2v) is 11.5. The van der Waals surface area contributed by atoms with Gasteiger partial charge in [-0.25, -0.2) is 4.79 Å². The van der Waals surface area contributed by atoms with Crippen LogP contribution in [0.4, 0.5) is 4.79 Å². The van der Waals surface area contributed by atoms with Crippen molar-refractivity contribution in [3.63, 3.8) is 0 Å². The van der Waals surface area contributed by atoms with E-state index in [0.717, 1.165) is 31.6 Å². The highest BCUT2D eigenvalue weighted by Gasteiger charge is 2.70. The molecule has 212 valence electrons. The zero-order valence-electron chi connectivity index (χ0n) is 23.7. The van der Waals surface area contributed by atoms with E-state index in [1.165, 1.54) is 16.0 Å². The molecular formula is C29H41N5O5. The van der Waals surface area contributed by atoms with Crippen LogP contribution in [0.1, 0.15) is 57.1 Å². The lowest BCUT2D eigenvalue weighted by molar-refractivity contribution is -0.123. The Kier molecular flexibility index (Phi) is 7.03. The van der Waals surface area contributed by atoms with Gasteiger partial charge in [-0.2, -0.15) is 0 Å². The summed E-state index contributed by atoms with van der Waals surface area (Å²) in [7, 11) is 5.48. The molecule has 2 bridgehead atoms. The second kappa shape index (κ2) is 10.0. The summed E-state index contributed by atoms with van der Waals surface area (Å²) in [4.78, 5) is 34.2. The molecule has 10 nitrogen and oxygen atoms in total. The number of nitrogens with zero attached hydrogens (tertiary/aromatic N) is 3. The molecule has 5 rings (SSSR count). The summed E-state index contributed by atoms with van der Waals surface area (Å²) in [6.07, 6.45) is 4.93. The SMILES string of the molecule is CCC(=O)[C@H](CCCN=C(N)N)N(C)C(=O)OC1=CC[C@@]2(C)[C@H]3Cc4ccc(OC)c5c4[C@@]2(CCN3C)[C@H]1O5. The molecule has 0 aromatic heterocycles.